The van der Waals surface area contributed by atoms with Gasteiger partial charge in [0.25, 0.3) is 0 Å². The van der Waals surface area contributed by atoms with Crippen LogP contribution in [0.2, 0.25) is 0 Å². The summed E-state index contributed by atoms with van der Waals surface area (Å²) < 4.78 is 24.0. The summed E-state index contributed by atoms with van der Waals surface area (Å²) in [4.78, 5) is 2.73. The number of hydrogen-bond acceptors (Lipinski definition) is 4. The van der Waals surface area contributed by atoms with E-state index in [9.17, 15) is 8.42 Å². The largest absolute Gasteiger partial charge is 0.370 e. The molecule has 2 aliphatic heterocycles. The van der Waals surface area contributed by atoms with Crippen LogP contribution in [0.5, 0.6) is 0 Å². The van der Waals surface area contributed by atoms with E-state index >= 15 is 0 Å². The van der Waals surface area contributed by atoms with Crippen LogP contribution in [0.1, 0.15) is 25.7 Å². The van der Waals surface area contributed by atoms with Crippen molar-refractivity contribution in [3.8, 4) is 0 Å². The van der Waals surface area contributed by atoms with Crippen molar-refractivity contribution < 1.29 is 8.42 Å². The average molecular weight is 308 g/mol. The first-order valence-corrected chi connectivity index (χ1v) is 9.72. The molecule has 0 bridgehead atoms. The quantitative estimate of drug-likeness (QED) is 0.928. The molecule has 0 aliphatic carbocycles. The minimum absolute atomic E-state index is 0.463. The van der Waals surface area contributed by atoms with Gasteiger partial charge in [-0.15, -0.1) is 0 Å². The van der Waals surface area contributed by atoms with Crippen molar-refractivity contribution >= 4 is 15.5 Å². The highest BCUT2D eigenvalue weighted by molar-refractivity contribution is 7.90. The van der Waals surface area contributed by atoms with Crippen LogP contribution in [0.15, 0.2) is 29.2 Å². The molecule has 2 fully saturated rings. The first-order valence-electron chi connectivity index (χ1n) is 7.83. The molecule has 1 aromatic rings. The maximum atomic E-state index is 12.0. The number of sulfone groups is 1. The van der Waals surface area contributed by atoms with Crippen molar-refractivity contribution in [1.29, 1.82) is 0 Å². The van der Waals surface area contributed by atoms with Gasteiger partial charge in [0.15, 0.2) is 9.84 Å². The first-order chi connectivity index (χ1) is 10.1. The summed E-state index contributed by atoms with van der Waals surface area (Å²) in [5.74, 6) is 0.633. The monoisotopic (exact) mass is 308 g/mol. The van der Waals surface area contributed by atoms with Gasteiger partial charge < -0.3 is 10.2 Å². The van der Waals surface area contributed by atoms with E-state index in [1.165, 1.54) is 25.5 Å². The molecule has 2 atom stereocenters. The number of rotatable bonds is 3. The van der Waals surface area contributed by atoms with Crippen LogP contribution in [0.3, 0.4) is 0 Å². The molecule has 0 amide bonds. The molecule has 4 nitrogen and oxygen atoms in total. The molecule has 0 spiro atoms. The minimum Gasteiger partial charge on any atom is -0.370 e. The van der Waals surface area contributed by atoms with E-state index < -0.39 is 9.84 Å². The Kier molecular flexibility index (Phi) is 4.22. The Bertz CT molecular complexity index is 594. The van der Waals surface area contributed by atoms with Gasteiger partial charge in [0.1, 0.15) is 0 Å². The molecule has 2 saturated heterocycles. The van der Waals surface area contributed by atoms with Gasteiger partial charge in [0.05, 0.1) is 10.6 Å². The van der Waals surface area contributed by atoms with E-state index in [4.69, 9.17) is 0 Å². The molecule has 2 unspecified atom stereocenters. The molecule has 0 radical (unpaired) electrons. The molecule has 2 aliphatic rings. The molecule has 3 rings (SSSR count). The summed E-state index contributed by atoms with van der Waals surface area (Å²) in [6.45, 7) is 3.04. The van der Waals surface area contributed by atoms with E-state index in [2.05, 4.69) is 10.2 Å². The van der Waals surface area contributed by atoms with E-state index in [-0.39, 0.29) is 0 Å². The highest BCUT2D eigenvalue weighted by Gasteiger charge is 2.30. The molecular formula is C16H24N2O2S. The Morgan fingerprint density at radius 2 is 2.00 bits per heavy atom. The third kappa shape index (κ3) is 3.24. The molecule has 5 heteroatoms. The lowest BCUT2D eigenvalue weighted by Crippen LogP contribution is -2.43. The van der Waals surface area contributed by atoms with Gasteiger partial charge in [-0.25, -0.2) is 8.42 Å². The highest BCUT2D eigenvalue weighted by Crippen LogP contribution is 2.31. The molecule has 21 heavy (non-hydrogen) atoms. The van der Waals surface area contributed by atoms with Gasteiger partial charge >= 0.3 is 0 Å². The Labute approximate surface area is 127 Å². The van der Waals surface area contributed by atoms with E-state index in [0.29, 0.717) is 16.9 Å². The van der Waals surface area contributed by atoms with Gasteiger partial charge in [-0.3, -0.25) is 0 Å². The highest BCUT2D eigenvalue weighted by atomic mass is 32.2. The van der Waals surface area contributed by atoms with E-state index in [0.717, 1.165) is 31.7 Å². The zero-order valence-corrected chi connectivity index (χ0v) is 13.4. The smallest absolute Gasteiger partial charge is 0.177 e. The second-order valence-electron chi connectivity index (χ2n) is 6.29. The van der Waals surface area contributed by atoms with Gasteiger partial charge in [-0.2, -0.15) is 0 Å². The summed E-state index contributed by atoms with van der Waals surface area (Å²) >= 11 is 0. The van der Waals surface area contributed by atoms with Crippen molar-refractivity contribution in [3.63, 3.8) is 0 Å². The Morgan fingerprint density at radius 1 is 1.19 bits per heavy atom. The van der Waals surface area contributed by atoms with Gasteiger partial charge in [-0.05, 0) is 50.3 Å². The minimum atomic E-state index is -3.18. The molecule has 0 aromatic heterocycles. The topological polar surface area (TPSA) is 49.4 Å². The second-order valence-corrected chi connectivity index (χ2v) is 8.28. The molecule has 1 aromatic carbocycles. The number of hydrogen-bond donors (Lipinski definition) is 1. The molecule has 116 valence electrons. The number of nitrogens with zero attached hydrogens (tertiary/aromatic N) is 1. The van der Waals surface area contributed by atoms with Crippen molar-refractivity contribution in [2.45, 2.75) is 36.6 Å². The number of piperidine rings is 1. The van der Waals surface area contributed by atoms with Crippen molar-refractivity contribution in [1.82, 2.24) is 5.32 Å². The maximum absolute atomic E-state index is 12.0. The molecule has 0 saturated carbocycles. The molecular weight excluding hydrogens is 284 g/mol. The van der Waals surface area contributed by atoms with E-state index in [1.54, 1.807) is 12.1 Å². The zero-order valence-electron chi connectivity index (χ0n) is 12.6. The summed E-state index contributed by atoms with van der Waals surface area (Å²) in [5, 5.41) is 3.60. The van der Waals surface area contributed by atoms with Gasteiger partial charge in [0.2, 0.25) is 0 Å². The lowest BCUT2D eigenvalue weighted by Gasteiger charge is -2.37. The zero-order chi connectivity index (χ0) is 14.9. The lowest BCUT2D eigenvalue weighted by atomic mass is 9.89. The van der Waals surface area contributed by atoms with E-state index in [1.807, 2.05) is 12.1 Å². The summed E-state index contributed by atoms with van der Waals surface area (Å²) in [6.07, 6.45) is 6.20. The third-order valence-electron chi connectivity index (χ3n) is 4.73. The van der Waals surface area contributed by atoms with Crippen molar-refractivity contribution in [3.05, 3.63) is 24.3 Å². The summed E-state index contributed by atoms with van der Waals surface area (Å²) in [7, 11) is -3.18. The van der Waals surface area contributed by atoms with Gasteiger partial charge in [-0.1, -0.05) is 12.1 Å². The summed E-state index contributed by atoms with van der Waals surface area (Å²) in [5.41, 5.74) is 0.877. The molecule has 1 N–H and O–H groups in total. The predicted octanol–water partition coefficient (Wildman–Crippen LogP) is 2.06. The fourth-order valence-electron chi connectivity index (χ4n) is 3.70. The Balaban J connectivity index is 1.83. The normalized spacial score (nSPS) is 27.0. The predicted molar refractivity (Wildman–Crippen MR) is 85.5 cm³/mol. The lowest BCUT2D eigenvalue weighted by molar-refractivity contribution is 0.328. The maximum Gasteiger partial charge on any atom is 0.177 e. The fourth-order valence-corrected chi connectivity index (χ4v) is 4.61. The van der Waals surface area contributed by atoms with Crippen molar-refractivity contribution in [2.75, 3.05) is 30.8 Å². The van der Waals surface area contributed by atoms with Crippen LogP contribution in [0.25, 0.3) is 0 Å². The number of para-hydroxylation sites is 1. The third-order valence-corrected chi connectivity index (χ3v) is 5.87. The van der Waals surface area contributed by atoms with Crippen LogP contribution < -0.4 is 10.2 Å². The number of nitrogens with one attached hydrogen (secondary N) is 1. The van der Waals surface area contributed by atoms with Crippen LogP contribution in [0.4, 0.5) is 5.69 Å². The average Bonchev–Trinajstić information content (AvgIpc) is 3.01. The standard InChI is InChI=1S/C16H24N2O2S/c1-21(19,20)16-9-3-2-8-15(16)18-11-5-6-13(12-18)14-7-4-10-17-14/h2-3,8-9,13-14,17H,4-7,10-12H2,1H3. The van der Waals surface area contributed by atoms with Crippen LogP contribution >= 0.6 is 0 Å². The second kappa shape index (κ2) is 5.97. The SMILES string of the molecule is CS(=O)(=O)c1ccccc1N1CCCC(C2CCCN2)C1. The Hall–Kier alpha value is -1.07. The van der Waals surface area contributed by atoms with Gasteiger partial charge in [0, 0.05) is 25.4 Å². The van der Waals surface area contributed by atoms with Crippen LogP contribution in [0, 0.1) is 5.92 Å². The fraction of sp³-hybridized carbons (Fsp3) is 0.625. The number of anilines is 1. The first kappa shape index (κ1) is 14.9. The Morgan fingerprint density at radius 3 is 2.71 bits per heavy atom. The van der Waals surface area contributed by atoms with Crippen LogP contribution in [-0.4, -0.2) is 40.3 Å². The van der Waals surface area contributed by atoms with Crippen molar-refractivity contribution in [2.24, 2.45) is 5.92 Å². The summed E-state index contributed by atoms with van der Waals surface area (Å²) in [6, 6.07) is 8.02. The molecule has 2 heterocycles. The number of benzene rings is 1. The van der Waals surface area contributed by atoms with Crippen LogP contribution in [-0.2, 0) is 9.84 Å².